The number of ether oxygens (including phenoxy) is 2. The van der Waals surface area contributed by atoms with E-state index in [-0.39, 0.29) is 12.2 Å². The SMILES string of the molecule is COC1CN(c2ccc(CN)cc2Cl)CC1OC. The zero-order chi connectivity index (χ0) is 13.1. The molecule has 2 N–H and O–H groups in total. The van der Waals surface area contributed by atoms with Gasteiger partial charge in [-0.3, -0.25) is 0 Å². The Morgan fingerprint density at radius 2 is 1.89 bits per heavy atom. The average Bonchev–Trinajstić information content (AvgIpc) is 2.81. The first-order chi connectivity index (χ1) is 8.69. The van der Waals surface area contributed by atoms with Crippen LogP contribution in [0.15, 0.2) is 18.2 Å². The van der Waals surface area contributed by atoms with Crippen LogP contribution in [0.3, 0.4) is 0 Å². The van der Waals surface area contributed by atoms with E-state index in [2.05, 4.69) is 4.90 Å². The Labute approximate surface area is 113 Å². The smallest absolute Gasteiger partial charge is 0.102 e. The van der Waals surface area contributed by atoms with Gasteiger partial charge in [-0.2, -0.15) is 0 Å². The molecule has 1 saturated heterocycles. The lowest BCUT2D eigenvalue weighted by molar-refractivity contribution is -0.00461. The molecule has 1 aromatic rings. The van der Waals surface area contributed by atoms with Crippen LogP contribution in [-0.2, 0) is 16.0 Å². The third-order valence-corrected chi connectivity index (χ3v) is 3.71. The minimum Gasteiger partial charge on any atom is -0.377 e. The fourth-order valence-corrected chi connectivity index (χ4v) is 2.65. The van der Waals surface area contributed by atoms with Crippen LogP contribution in [0.2, 0.25) is 5.02 Å². The lowest BCUT2D eigenvalue weighted by Crippen LogP contribution is -2.27. The predicted octanol–water partition coefficient (Wildman–Crippen LogP) is 1.65. The number of nitrogens with zero attached hydrogens (tertiary/aromatic N) is 1. The van der Waals surface area contributed by atoms with Crippen LogP contribution in [0.4, 0.5) is 5.69 Å². The molecule has 5 heteroatoms. The van der Waals surface area contributed by atoms with E-state index in [9.17, 15) is 0 Å². The van der Waals surface area contributed by atoms with Gasteiger partial charge < -0.3 is 20.1 Å². The van der Waals surface area contributed by atoms with Gasteiger partial charge in [-0.1, -0.05) is 17.7 Å². The molecule has 1 heterocycles. The Morgan fingerprint density at radius 1 is 1.28 bits per heavy atom. The van der Waals surface area contributed by atoms with Crippen LogP contribution in [0.1, 0.15) is 5.56 Å². The van der Waals surface area contributed by atoms with E-state index in [4.69, 9.17) is 26.8 Å². The monoisotopic (exact) mass is 270 g/mol. The van der Waals surface area contributed by atoms with Gasteiger partial charge >= 0.3 is 0 Å². The number of anilines is 1. The van der Waals surface area contributed by atoms with Crippen LogP contribution < -0.4 is 10.6 Å². The fraction of sp³-hybridized carbons (Fsp3) is 0.538. The third-order valence-electron chi connectivity index (χ3n) is 3.41. The Balaban J connectivity index is 2.18. The summed E-state index contributed by atoms with van der Waals surface area (Å²) in [6.45, 7) is 2.08. The number of hydrogen-bond acceptors (Lipinski definition) is 4. The Bertz CT molecular complexity index is 402. The Morgan fingerprint density at radius 3 is 2.33 bits per heavy atom. The van der Waals surface area contributed by atoms with Gasteiger partial charge in [0.05, 0.1) is 10.7 Å². The van der Waals surface area contributed by atoms with E-state index >= 15 is 0 Å². The number of nitrogens with two attached hydrogens (primary N) is 1. The normalized spacial score (nSPS) is 23.7. The molecule has 2 atom stereocenters. The van der Waals surface area contributed by atoms with Gasteiger partial charge in [0.25, 0.3) is 0 Å². The van der Waals surface area contributed by atoms with Crippen molar-refractivity contribution in [2.45, 2.75) is 18.8 Å². The molecule has 1 aromatic carbocycles. The molecule has 18 heavy (non-hydrogen) atoms. The molecule has 0 amide bonds. The van der Waals surface area contributed by atoms with E-state index < -0.39 is 0 Å². The zero-order valence-electron chi connectivity index (χ0n) is 10.7. The summed E-state index contributed by atoms with van der Waals surface area (Å²) in [5.74, 6) is 0. The molecular formula is C13H19ClN2O2. The van der Waals surface area contributed by atoms with Crippen molar-refractivity contribution in [2.24, 2.45) is 5.73 Å². The molecule has 0 aromatic heterocycles. The van der Waals surface area contributed by atoms with Crippen LogP contribution in [0.5, 0.6) is 0 Å². The summed E-state index contributed by atoms with van der Waals surface area (Å²) in [6, 6.07) is 5.93. The molecule has 0 saturated carbocycles. The van der Waals surface area contributed by atoms with Crippen molar-refractivity contribution in [1.29, 1.82) is 0 Å². The van der Waals surface area contributed by atoms with Crippen molar-refractivity contribution in [3.05, 3.63) is 28.8 Å². The van der Waals surface area contributed by atoms with Crippen molar-refractivity contribution in [2.75, 3.05) is 32.2 Å². The standard InChI is InChI=1S/C13H19ClN2O2/c1-17-12-7-16(8-13(12)18-2)11-4-3-9(6-15)5-10(11)14/h3-5,12-13H,6-8,15H2,1-2H3. The summed E-state index contributed by atoms with van der Waals surface area (Å²) in [7, 11) is 3.42. The summed E-state index contributed by atoms with van der Waals surface area (Å²) in [4.78, 5) is 2.19. The summed E-state index contributed by atoms with van der Waals surface area (Å²) in [5.41, 5.74) is 7.64. The maximum absolute atomic E-state index is 6.29. The lowest BCUT2D eigenvalue weighted by Gasteiger charge is -2.20. The van der Waals surface area contributed by atoms with Crippen LogP contribution in [-0.4, -0.2) is 39.5 Å². The maximum Gasteiger partial charge on any atom is 0.102 e. The first-order valence-corrected chi connectivity index (χ1v) is 6.36. The highest BCUT2D eigenvalue weighted by Gasteiger charge is 2.33. The van der Waals surface area contributed by atoms with Crippen molar-refractivity contribution < 1.29 is 9.47 Å². The maximum atomic E-state index is 6.29. The highest BCUT2D eigenvalue weighted by atomic mass is 35.5. The molecule has 1 aliphatic rings. The fourth-order valence-electron chi connectivity index (χ4n) is 2.33. The lowest BCUT2D eigenvalue weighted by atomic mass is 10.2. The number of methoxy groups -OCH3 is 2. The number of rotatable bonds is 4. The first kappa shape index (κ1) is 13.6. The minimum atomic E-state index is 0.0836. The van der Waals surface area contributed by atoms with E-state index in [1.807, 2.05) is 18.2 Å². The topological polar surface area (TPSA) is 47.7 Å². The summed E-state index contributed by atoms with van der Waals surface area (Å²) in [5, 5.41) is 0.726. The highest BCUT2D eigenvalue weighted by molar-refractivity contribution is 6.33. The zero-order valence-corrected chi connectivity index (χ0v) is 11.5. The molecule has 2 rings (SSSR count). The first-order valence-electron chi connectivity index (χ1n) is 5.98. The van der Waals surface area contributed by atoms with E-state index in [0.717, 1.165) is 29.4 Å². The van der Waals surface area contributed by atoms with Crippen LogP contribution in [0.25, 0.3) is 0 Å². The van der Waals surface area contributed by atoms with Gasteiger partial charge in [0.2, 0.25) is 0 Å². The molecule has 0 radical (unpaired) electrons. The van der Waals surface area contributed by atoms with Gasteiger partial charge in [-0.15, -0.1) is 0 Å². The molecule has 0 aliphatic carbocycles. The predicted molar refractivity (Wildman–Crippen MR) is 73.2 cm³/mol. The Hall–Kier alpha value is -0.810. The largest absolute Gasteiger partial charge is 0.377 e. The molecule has 4 nitrogen and oxygen atoms in total. The van der Waals surface area contributed by atoms with Gasteiger partial charge in [0.15, 0.2) is 0 Å². The number of halogens is 1. The molecule has 2 unspecified atom stereocenters. The van der Waals surface area contributed by atoms with Crippen LogP contribution >= 0.6 is 11.6 Å². The van der Waals surface area contributed by atoms with E-state index in [0.29, 0.717) is 6.54 Å². The molecule has 1 fully saturated rings. The number of hydrogen-bond donors (Lipinski definition) is 1. The molecule has 1 aliphatic heterocycles. The second-order valence-corrected chi connectivity index (χ2v) is 4.85. The van der Waals surface area contributed by atoms with Gasteiger partial charge in [0.1, 0.15) is 12.2 Å². The van der Waals surface area contributed by atoms with Crippen molar-refractivity contribution in [3.63, 3.8) is 0 Å². The third kappa shape index (κ3) is 2.62. The Kier molecular flexibility index (Phi) is 4.45. The van der Waals surface area contributed by atoms with Gasteiger partial charge in [0, 0.05) is 33.9 Å². The van der Waals surface area contributed by atoms with E-state index in [1.54, 1.807) is 14.2 Å². The van der Waals surface area contributed by atoms with Crippen molar-refractivity contribution >= 4 is 17.3 Å². The van der Waals surface area contributed by atoms with E-state index in [1.165, 1.54) is 0 Å². The van der Waals surface area contributed by atoms with Crippen LogP contribution in [0, 0.1) is 0 Å². The number of benzene rings is 1. The summed E-state index contributed by atoms with van der Waals surface area (Å²) in [6.07, 6.45) is 0.167. The molecular weight excluding hydrogens is 252 g/mol. The molecule has 0 bridgehead atoms. The minimum absolute atomic E-state index is 0.0836. The highest BCUT2D eigenvalue weighted by Crippen LogP contribution is 2.30. The second kappa shape index (κ2) is 5.89. The van der Waals surface area contributed by atoms with Gasteiger partial charge in [-0.05, 0) is 17.7 Å². The average molecular weight is 271 g/mol. The molecule has 0 spiro atoms. The van der Waals surface area contributed by atoms with Crippen molar-refractivity contribution in [3.8, 4) is 0 Å². The molecule has 100 valence electrons. The van der Waals surface area contributed by atoms with Crippen molar-refractivity contribution in [1.82, 2.24) is 0 Å². The second-order valence-electron chi connectivity index (χ2n) is 4.44. The van der Waals surface area contributed by atoms with Gasteiger partial charge in [-0.25, -0.2) is 0 Å². The summed E-state index contributed by atoms with van der Waals surface area (Å²) >= 11 is 6.29. The quantitative estimate of drug-likeness (QED) is 0.904. The summed E-state index contributed by atoms with van der Waals surface area (Å²) < 4.78 is 10.8.